The minimum Gasteiger partial charge on any atom is -0.197 e. The Morgan fingerprint density at radius 2 is 2.00 bits per heavy atom. The first kappa shape index (κ1) is 8.35. The molecular weight excluding hydrogens is 116 g/mol. The zero-order valence-electron chi connectivity index (χ0n) is 5.78. The van der Waals surface area contributed by atoms with Crippen molar-refractivity contribution in [3.05, 3.63) is 0 Å². The van der Waals surface area contributed by atoms with E-state index in [1.807, 2.05) is 0 Å². The Hall–Kier alpha value is 0.350. The lowest BCUT2D eigenvalue weighted by atomic mass is 10.2. The highest BCUT2D eigenvalue weighted by atomic mass is 32.1. The third kappa shape index (κ3) is 2.08. The van der Waals surface area contributed by atoms with E-state index in [1.54, 1.807) is 0 Å². The van der Waals surface area contributed by atoms with Gasteiger partial charge < -0.3 is 0 Å². The zero-order valence-corrected chi connectivity index (χ0v) is 6.78. The molecule has 0 aromatic carbocycles. The molecule has 0 bridgehead atoms. The van der Waals surface area contributed by atoms with E-state index in [9.17, 15) is 0 Å². The lowest BCUT2D eigenvalue weighted by Crippen LogP contribution is -1.74. The van der Waals surface area contributed by atoms with Crippen LogP contribution >= 0.6 is 13.5 Å². The van der Waals surface area contributed by atoms with Gasteiger partial charge in [-0.3, -0.25) is 0 Å². The second kappa shape index (κ2) is 3.39. The smallest absolute Gasteiger partial charge is 0.0386 e. The molecule has 0 aliphatic heterocycles. The summed E-state index contributed by atoms with van der Waals surface area (Å²) in [4.78, 5) is 0. The largest absolute Gasteiger partial charge is 0.197 e. The van der Waals surface area contributed by atoms with Crippen LogP contribution in [0.4, 0.5) is 0 Å². The predicted octanol–water partition coefficient (Wildman–Crippen LogP) is 2.56. The van der Waals surface area contributed by atoms with Gasteiger partial charge >= 0.3 is 0 Å². The Bertz CT molecular complexity index is 61.4. The Morgan fingerprint density at radius 3 is 2.12 bits per heavy atom. The monoisotopic (exact) mass is 132 g/mol. The zero-order chi connectivity index (χ0) is 5.28. The predicted molar refractivity (Wildman–Crippen MR) is 42.6 cm³/mol. The molecule has 1 rings (SSSR count). The molecule has 0 radical (unpaired) electrons. The molecule has 50 valence electrons. The van der Waals surface area contributed by atoms with Crippen LogP contribution in [0, 0.1) is 11.8 Å². The standard InChI is InChI=1S/C7H14.H2S/c1-3-4-7-5-6(7)2;/h6-7H,3-5H2,1-2H3;1H2. The number of hydrogen-bond acceptors (Lipinski definition) is 0. The molecule has 2 atom stereocenters. The Balaban J connectivity index is 0.000000490. The molecule has 2 unspecified atom stereocenters. The molecule has 0 aromatic rings. The van der Waals surface area contributed by atoms with Gasteiger partial charge in [-0.05, 0) is 18.3 Å². The van der Waals surface area contributed by atoms with Gasteiger partial charge in [0.15, 0.2) is 0 Å². The second-order valence-electron chi connectivity index (χ2n) is 2.76. The molecule has 1 aliphatic carbocycles. The summed E-state index contributed by atoms with van der Waals surface area (Å²) in [5, 5.41) is 0. The molecule has 1 saturated carbocycles. The molecule has 0 spiro atoms. The molecule has 0 saturated heterocycles. The normalized spacial score (nSPS) is 33.8. The summed E-state index contributed by atoms with van der Waals surface area (Å²) in [6, 6.07) is 0. The van der Waals surface area contributed by atoms with E-state index in [0.29, 0.717) is 0 Å². The Morgan fingerprint density at radius 1 is 1.50 bits per heavy atom. The van der Waals surface area contributed by atoms with E-state index in [4.69, 9.17) is 0 Å². The van der Waals surface area contributed by atoms with Crippen LogP contribution in [0.2, 0.25) is 0 Å². The van der Waals surface area contributed by atoms with E-state index in [2.05, 4.69) is 13.8 Å². The first-order chi connectivity index (χ1) is 3.34. The summed E-state index contributed by atoms with van der Waals surface area (Å²) in [6.07, 6.45) is 4.37. The summed E-state index contributed by atoms with van der Waals surface area (Å²) in [7, 11) is 0. The van der Waals surface area contributed by atoms with Crippen molar-refractivity contribution < 1.29 is 0 Å². The van der Waals surface area contributed by atoms with Crippen molar-refractivity contribution in [2.24, 2.45) is 11.8 Å². The molecule has 0 aromatic heterocycles. The van der Waals surface area contributed by atoms with Crippen molar-refractivity contribution in [1.29, 1.82) is 0 Å². The molecule has 0 N–H and O–H groups in total. The van der Waals surface area contributed by atoms with E-state index < -0.39 is 0 Å². The Labute approximate surface area is 59.1 Å². The fourth-order valence-electron chi connectivity index (χ4n) is 1.17. The van der Waals surface area contributed by atoms with Crippen LogP contribution in [0.15, 0.2) is 0 Å². The van der Waals surface area contributed by atoms with Crippen LogP contribution in [0.25, 0.3) is 0 Å². The van der Waals surface area contributed by atoms with Gasteiger partial charge in [-0.15, -0.1) is 0 Å². The Kier molecular flexibility index (Phi) is 3.54. The molecule has 1 aliphatic rings. The maximum Gasteiger partial charge on any atom is -0.0386 e. The summed E-state index contributed by atoms with van der Waals surface area (Å²) in [5.41, 5.74) is 0. The van der Waals surface area contributed by atoms with Crippen molar-refractivity contribution >= 4 is 13.5 Å². The molecular formula is C7H16S. The van der Waals surface area contributed by atoms with Crippen molar-refractivity contribution in [3.8, 4) is 0 Å². The van der Waals surface area contributed by atoms with E-state index >= 15 is 0 Å². The van der Waals surface area contributed by atoms with Crippen molar-refractivity contribution in [2.75, 3.05) is 0 Å². The SMILES string of the molecule is CCCC1CC1C.S. The summed E-state index contributed by atoms with van der Waals surface area (Å²) < 4.78 is 0. The molecule has 8 heavy (non-hydrogen) atoms. The van der Waals surface area contributed by atoms with Gasteiger partial charge in [0.1, 0.15) is 0 Å². The van der Waals surface area contributed by atoms with Gasteiger partial charge in [0.05, 0.1) is 0 Å². The van der Waals surface area contributed by atoms with Crippen LogP contribution in [-0.2, 0) is 0 Å². The molecule has 0 nitrogen and oxygen atoms in total. The van der Waals surface area contributed by atoms with Crippen molar-refractivity contribution in [2.45, 2.75) is 33.1 Å². The first-order valence-electron chi connectivity index (χ1n) is 3.34. The van der Waals surface area contributed by atoms with E-state index in [1.165, 1.54) is 19.3 Å². The highest BCUT2D eigenvalue weighted by Crippen LogP contribution is 2.40. The van der Waals surface area contributed by atoms with Crippen LogP contribution in [0.1, 0.15) is 33.1 Å². The average Bonchev–Trinajstić information content (AvgIpc) is 2.22. The lowest BCUT2D eigenvalue weighted by molar-refractivity contribution is 0.659. The molecule has 0 amide bonds. The molecule has 1 fully saturated rings. The van der Waals surface area contributed by atoms with Gasteiger partial charge in [0.2, 0.25) is 0 Å². The maximum atomic E-state index is 2.35. The van der Waals surface area contributed by atoms with Gasteiger partial charge in [-0.2, -0.15) is 13.5 Å². The highest BCUT2D eigenvalue weighted by Gasteiger charge is 2.30. The van der Waals surface area contributed by atoms with Gasteiger partial charge in [0, 0.05) is 0 Å². The van der Waals surface area contributed by atoms with Crippen LogP contribution < -0.4 is 0 Å². The number of hydrogen-bond donors (Lipinski definition) is 0. The third-order valence-electron chi connectivity index (χ3n) is 1.94. The minimum atomic E-state index is 0. The fourth-order valence-corrected chi connectivity index (χ4v) is 1.17. The highest BCUT2D eigenvalue weighted by molar-refractivity contribution is 7.59. The second-order valence-corrected chi connectivity index (χ2v) is 2.76. The fraction of sp³-hybridized carbons (Fsp3) is 1.00. The van der Waals surface area contributed by atoms with E-state index in [0.717, 1.165) is 11.8 Å². The molecule has 0 heterocycles. The van der Waals surface area contributed by atoms with Crippen LogP contribution in [-0.4, -0.2) is 0 Å². The first-order valence-corrected chi connectivity index (χ1v) is 3.34. The topological polar surface area (TPSA) is 0 Å². The quantitative estimate of drug-likeness (QED) is 0.541. The van der Waals surface area contributed by atoms with Gasteiger partial charge in [0.25, 0.3) is 0 Å². The van der Waals surface area contributed by atoms with Crippen molar-refractivity contribution in [3.63, 3.8) is 0 Å². The van der Waals surface area contributed by atoms with Crippen LogP contribution in [0.3, 0.4) is 0 Å². The average molecular weight is 132 g/mol. The number of rotatable bonds is 2. The maximum absolute atomic E-state index is 2.35. The lowest BCUT2D eigenvalue weighted by Gasteiger charge is -1.86. The van der Waals surface area contributed by atoms with Crippen LogP contribution in [0.5, 0.6) is 0 Å². The summed E-state index contributed by atoms with van der Waals surface area (Å²) in [5.74, 6) is 2.19. The summed E-state index contributed by atoms with van der Waals surface area (Å²) in [6.45, 7) is 4.62. The molecule has 1 heteroatoms. The third-order valence-corrected chi connectivity index (χ3v) is 1.94. The van der Waals surface area contributed by atoms with Crippen molar-refractivity contribution in [1.82, 2.24) is 0 Å². The van der Waals surface area contributed by atoms with Gasteiger partial charge in [-0.1, -0.05) is 26.7 Å². The summed E-state index contributed by atoms with van der Waals surface area (Å²) >= 11 is 0. The van der Waals surface area contributed by atoms with E-state index in [-0.39, 0.29) is 13.5 Å². The van der Waals surface area contributed by atoms with Gasteiger partial charge in [-0.25, -0.2) is 0 Å². The minimum absolute atomic E-state index is 0.